The van der Waals surface area contributed by atoms with Gasteiger partial charge in [0.05, 0.1) is 0 Å². The van der Waals surface area contributed by atoms with E-state index < -0.39 is 0 Å². The lowest BCUT2D eigenvalue weighted by Gasteiger charge is -2.11. The van der Waals surface area contributed by atoms with Crippen molar-refractivity contribution in [1.29, 1.82) is 0 Å². The molecule has 0 bridgehead atoms. The number of nitrogens with two attached hydrogens (primary N) is 1. The van der Waals surface area contributed by atoms with Gasteiger partial charge in [-0.15, -0.1) is 0 Å². The molecule has 0 heterocycles. The third-order valence-corrected chi connectivity index (χ3v) is 3.11. The summed E-state index contributed by atoms with van der Waals surface area (Å²) in [5.74, 6) is 0.850. The third kappa shape index (κ3) is 3.97. The summed E-state index contributed by atoms with van der Waals surface area (Å²) in [5, 5.41) is 20.6. The zero-order valence-electron chi connectivity index (χ0n) is 11.6. The SMILES string of the molecule is N/C(=N/O)c1ccc(COc2ccccc2CCO)cc1. The highest BCUT2D eigenvalue weighted by atomic mass is 16.5. The molecule has 110 valence electrons. The Morgan fingerprint density at radius 3 is 2.48 bits per heavy atom. The summed E-state index contributed by atoms with van der Waals surface area (Å²) >= 11 is 0. The molecule has 0 saturated heterocycles. The molecule has 4 N–H and O–H groups in total. The van der Waals surface area contributed by atoms with Crippen LogP contribution in [-0.4, -0.2) is 22.8 Å². The first kappa shape index (κ1) is 14.9. The van der Waals surface area contributed by atoms with Gasteiger partial charge in [-0.05, 0) is 23.6 Å². The lowest BCUT2D eigenvalue weighted by atomic mass is 10.1. The minimum atomic E-state index is 0.0794. The summed E-state index contributed by atoms with van der Waals surface area (Å²) in [7, 11) is 0. The zero-order chi connectivity index (χ0) is 15.1. The van der Waals surface area contributed by atoms with Crippen LogP contribution in [0.1, 0.15) is 16.7 Å². The predicted molar refractivity (Wildman–Crippen MR) is 80.5 cm³/mol. The average molecular weight is 286 g/mol. The van der Waals surface area contributed by atoms with E-state index in [9.17, 15) is 0 Å². The number of oxime groups is 1. The first-order valence-corrected chi connectivity index (χ1v) is 6.63. The van der Waals surface area contributed by atoms with Gasteiger partial charge in [-0.1, -0.05) is 47.6 Å². The fourth-order valence-corrected chi connectivity index (χ4v) is 1.96. The molecule has 0 saturated carbocycles. The largest absolute Gasteiger partial charge is 0.489 e. The summed E-state index contributed by atoms with van der Waals surface area (Å²) in [5.41, 5.74) is 8.12. The van der Waals surface area contributed by atoms with Gasteiger partial charge in [-0.2, -0.15) is 0 Å². The number of aliphatic hydroxyl groups excluding tert-OH is 1. The predicted octanol–water partition coefficient (Wildman–Crippen LogP) is 1.89. The van der Waals surface area contributed by atoms with Gasteiger partial charge in [0.15, 0.2) is 5.84 Å². The molecular formula is C16H18N2O3. The van der Waals surface area contributed by atoms with E-state index in [-0.39, 0.29) is 12.4 Å². The summed E-state index contributed by atoms with van der Waals surface area (Å²) in [6.45, 7) is 0.508. The fraction of sp³-hybridized carbons (Fsp3) is 0.188. The monoisotopic (exact) mass is 286 g/mol. The van der Waals surface area contributed by atoms with E-state index >= 15 is 0 Å². The molecule has 0 atom stereocenters. The van der Waals surface area contributed by atoms with Crippen LogP contribution in [0.5, 0.6) is 5.75 Å². The minimum absolute atomic E-state index is 0.0794. The Kier molecular flexibility index (Phi) is 5.17. The van der Waals surface area contributed by atoms with Crippen LogP contribution in [0.25, 0.3) is 0 Å². The number of hydrogen-bond acceptors (Lipinski definition) is 4. The average Bonchev–Trinajstić information content (AvgIpc) is 2.54. The van der Waals surface area contributed by atoms with Crippen LogP contribution in [0.4, 0.5) is 0 Å². The Hall–Kier alpha value is -2.53. The maximum absolute atomic E-state index is 9.04. The maximum Gasteiger partial charge on any atom is 0.170 e. The Labute approximate surface area is 123 Å². The van der Waals surface area contributed by atoms with Gasteiger partial charge in [0, 0.05) is 12.2 Å². The summed E-state index contributed by atoms with van der Waals surface area (Å²) in [4.78, 5) is 0. The molecule has 0 amide bonds. The molecule has 0 unspecified atom stereocenters. The summed E-state index contributed by atoms with van der Waals surface area (Å²) < 4.78 is 5.78. The normalized spacial score (nSPS) is 11.4. The molecule has 0 aliphatic heterocycles. The van der Waals surface area contributed by atoms with Crippen molar-refractivity contribution >= 4 is 5.84 Å². The highest BCUT2D eigenvalue weighted by Crippen LogP contribution is 2.19. The van der Waals surface area contributed by atoms with Crippen molar-refractivity contribution < 1.29 is 15.1 Å². The zero-order valence-corrected chi connectivity index (χ0v) is 11.6. The molecule has 0 spiro atoms. The van der Waals surface area contributed by atoms with Gasteiger partial charge in [-0.3, -0.25) is 0 Å². The molecule has 2 aromatic carbocycles. The van der Waals surface area contributed by atoms with Gasteiger partial charge in [0.25, 0.3) is 0 Å². The molecule has 0 aliphatic carbocycles. The van der Waals surface area contributed by atoms with Crippen molar-refractivity contribution in [3.8, 4) is 5.75 Å². The number of benzene rings is 2. The van der Waals surface area contributed by atoms with Crippen molar-refractivity contribution in [3.63, 3.8) is 0 Å². The minimum Gasteiger partial charge on any atom is -0.489 e. The van der Waals surface area contributed by atoms with E-state index in [0.717, 1.165) is 16.9 Å². The molecule has 5 heteroatoms. The lowest BCUT2D eigenvalue weighted by Crippen LogP contribution is -2.12. The highest BCUT2D eigenvalue weighted by molar-refractivity contribution is 5.96. The molecule has 5 nitrogen and oxygen atoms in total. The Bertz CT molecular complexity index is 609. The van der Waals surface area contributed by atoms with E-state index in [1.165, 1.54) is 0 Å². The van der Waals surface area contributed by atoms with E-state index in [0.29, 0.717) is 18.6 Å². The van der Waals surface area contributed by atoms with Gasteiger partial charge in [0.2, 0.25) is 0 Å². The van der Waals surface area contributed by atoms with E-state index in [2.05, 4.69) is 5.16 Å². The van der Waals surface area contributed by atoms with E-state index in [4.69, 9.17) is 20.8 Å². The molecule has 0 aliphatic rings. The number of amidine groups is 1. The smallest absolute Gasteiger partial charge is 0.170 e. The number of aliphatic hydroxyl groups is 1. The van der Waals surface area contributed by atoms with Gasteiger partial charge in [0.1, 0.15) is 12.4 Å². The Balaban J connectivity index is 2.03. The van der Waals surface area contributed by atoms with Crippen LogP contribution in [0.2, 0.25) is 0 Å². The standard InChI is InChI=1S/C16H18N2O3/c17-16(18-20)14-7-5-12(6-8-14)11-21-15-4-2-1-3-13(15)9-10-19/h1-8,19-20H,9-11H2,(H2,17,18). The second-order valence-electron chi connectivity index (χ2n) is 4.55. The van der Waals surface area contributed by atoms with Crippen LogP contribution in [-0.2, 0) is 13.0 Å². The van der Waals surface area contributed by atoms with Crippen LogP contribution < -0.4 is 10.5 Å². The van der Waals surface area contributed by atoms with Crippen molar-refractivity contribution in [2.75, 3.05) is 6.61 Å². The first-order chi connectivity index (χ1) is 10.2. The number of hydrogen-bond donors (Lipinski definition) is 3. The van der Waals surface area contributed by atoms with E-state index in [1.54, 1.807) is 12.1 Å². The lowest BCUT2D eigenvalue weighted by molar-refractivity contribution is 0.284. The molecule has 0 radical (unpaired) electrons. The summed E-state index contributed by atoms with van der Waals surface area (Å²) in [6, 6.07) is 14.9. The Morgan fingerprint density at radius 1 is 1.10 bits per heavy atom. The topological polar surface area (TPSA) is 88.1 Å². The van der Waals surface area contributed by atoms with Crippen LogP contribution in [0, 0.1) is 0 Å². The van der Waals surface area contributed by atoms with Crippen LogP contribution in [0.3, 0.4) is 0 Å². The number of rotatable bonds is 6. The fourth-order valence-electron chi connectivity index (χ4n) is 1.96. The van der Waals surface area contributed by atoms with Crippen molar-refractivity contribution in [3.05, 3.63) is 65.2 Å². The second kappa shape index (κ2) is 7.31. The number of nitrogens with zero attached hydrogens (tertiary/aromatic N) is 1. The second-order valence-corrected chi connectivity index (χ2v) is 4.55. The quantitative estimate of drug-likeness (QED) is 0.327. The molecule has 0 fully saturated rings. The molecular weight excluding hydrogens is 268 g/mol. The van der Waals surface area contributed by atoms with Gasteiger partial charge in [-0.25, -0.2) is 0 Å². The van der Waals surface area contributed by atoms with E-state index in [1.807, 2.05) is 36.4 Å². The van der Waals surface area contributed by atoms with Crippen molar-refractivity contribution in [1.82, 2.24) is 0 Å². The maximum atomic E-state index is 9.04. The van der Waals surface area contributed by atoms with Gasteiger partial charge < -0.3 is 20.8 Å². The van der Waals surface area contributed by atoms with Crippen molar-refractivity contribution in [2.24, 2.45) is 10.9 Å². The number of ether oxygens (including phenoxy) is 1. The third-order valence-electron chi connectivity index (χ3n) is 3.11. The Morgan fingerprint density at radius 2 is 1.81 bits per heavy atom. The summed E-state index contributed by atoms with van der Waals surface area (Å²) in [6.07, 6.45) is 0.568. The first-order valence-electron chi connectivity index (χ1n) is 6.63. The molecule has 0 aromatic heterocycles. The van der Waals surface area contributed by atoms with Crippen molar-refractivity contribution in [2.45, 2.75) is 13.0 Å². The van der Waals surface area contributed by atoms with Gasteiger partial charge >= 0.3 is 0 Å². The van der Waals surface area contributed by atoms with Crippen LogP contribution >= 0.6 is 0 Å². The molecule has 2 aromatic rings. The highest BCUT2D eigenvalue weighted by Gasteiger charge is 2.04. The molecule has 2 rings (SSSR count). The number of para-hydroxylation sites is 1. The molecule has 21 heavy (non-hydrogen) atoms. The van der Waals surface area contributed by atoms with Crippen LogP contribution in [0.15, 0.2) is 53.7 Å².